The highest BCUT2D eigenvalue weighted by Crippen LogP contribution is 2.32. The van der Waals surface area contributed by atoms with E-state index in [1.54, 1.807) is 12.3 Å². The first kappa shape index (κ1) is 15.4. The van der Waals surface area contributed by atoms with Gasteiger partial charge in [0.25, 0.3) is 5.91 Å². The lowest BCUT2D eigenvalue weighted by molar-refractivity contribution is -0.0814. The Morgan fingerprint density at radius 3 is 3.12 bits per heavy atom. The molecule has 4 rings (SSSR count). The van der Waals surface area contributed by atoms with Crippen molar-refractivity contribution in [3.63, 3.8) is 0 Å². The predicted molar refractivity (Wildman–Crippen MR) is 85.3 cm³/mol. The van der Waals surface area contributed by atoms with Gasteiger partial charge in [-0.1, -0.05) is 6.07 Å². The van der Waals surface area contributed by atoms with Gasteiger partial charge in [-0.25, -0.2) is 0 Å². The first-order valence-electron chi connectivity index (χ1n) is 8.29. The zero-order chi connectivity index (χ0) is 16.4. The third-order valence-electron chi connectivity index (χ3n) is 4.68. The van der Waals surface area contributed by atoms with Crippen molar-refractivity contribution in [2.45, 2.75) is 37.7 Å². The van der Waals surface area contributed by atoms with Crippen LogP contribution in [0.2, 0.25) is 0 Å². The summed E-state index contributed by atoms with van der Waals surface area (Å²) in [6, 6.07) is 7.51. The summed E-state index contributed by atoms with van der Waals surface area (Å²) in [5.41, 5.74) is 1.45. The van der Waals surface area contributed by atoms with Crippen LogP contribution >= 0.6 is 0 Å². The van der Waals surface area contributed by atoms with Crippen molar-refractivity contribution >= 4 is 5.91 Å². The van der Waals surface area contributed by atoms with Crippen LogP contribution < -0.4 is 0 Å². The molecule has 2 aromatic heterocycles. The molecule has 2 aliphatic heterocycles. The molecule has 6 heteroatoms. The van der Waals surface area contributed by atoms with E-state index in [2.05, 4.69) is 4.98 Å². The van der Waals surface area contributed by atoms with Gasteiger partial charge in [-0.3, -0.25) is 9.78 Å². The number of carbonyl (C=O) groups excluding carboxylic acids is 1. The van der Waals surface area contributed by atoms with E-state index in [1.807, 2.05) is 23.1 Å². The standard InChI is InChI=1S/C18H20N2O4/c21-18(13-6-9-22-11-13)20-10-16(17-15(20)5-3-8-23-17)24-12-14-4-1-2-7-19-14/h1-2,4,6-7,9,11,15-17H,3,5,8,10,12H2/t15-,16+,17+/m1/s1. The molecular formula is C18H20N2O4. The molecule has 0 saturated carbocycles. The summed E-state index contributed by atoms with van der Waals surface area (Å²) in [6.07, 6.45) is 6.46. The largest absolute Gasteiger partial charge is 0.472 e. The Labute approximate surface area is 140 Å². The molecular weight excluding hydrogens is 308 g/mol. The number of carbonyl (C=O) groups is 1. The average molecular weight is 328 g/mol. The second kappa shape index (κ2) is 6.75. The molecule has 2 fully saturated rings. The Bertz CT molecular complexity index is 674. The van der Waals surface area contributed by atoms with E-state index in [9.17, 15) is 4.79 Å². The molecule has 126 valence electrons. The van der Waals surface area contributed by atoms with Gasteiger partial charge >= 0.3 is 0 Å². The van der Waals surface area contributed by atoms with E-state index in [0.29, 0.717) is 18.7 Å². The Hall–Kier alpha value is -2.18. The first-order valence-corrected chi connectivity index (χ1v) is 8.29. The topological polar surface area (TPSA) is 64.8 Å². The maximum absolute atomic E-state index is 12.7. The maximum atomic E-state index is 12.7. The van der Waals surface area contributed by atoms with Crippen LogP contribution in [0.5, 0.6) is 0 Å². The second-order valence-electron chi connectivity index (χ2n) is 6.19. The summed E-state index contributed by atoms with van der Waals surface area (Å²) in [4.78, 5) is 18.9. The number of furan rings is 1. The van der Waals surface area contributed by atoms with Crippen LogP contribution in [0.25, 0.3) is 0 Å². The number of likely N-dealkylation sites (tertiary alicyclic amines) is 1. The smallest absolute Gasteiger partial charge is 0.257 e. The van der Waals surface area contributed by atoms with E-state index in [4.69, 9.17) is 13.9 Å². The molecule has 2 saturated heterocycles. The van der Waals surface area contributed by atoms with Crippen molar-refractivity contribution in [2.75, 3.05) is 13.2 Å². The third-order valence-corrected chi connectivity index (χ3v) is 4.68. The summed E-state index contributed by atoms with van der Waals surface area (Å²) in [6.45, 7) is 1.68. The number of aromatic nitrogens is 1. The van der Waals surface area contributed by atoms with Gasteiger partial charge in [0.1, 0.15) is 18.5 Å². The number of hydrogen-bond donors (Lipinski definition) is 0. The van der Waals surface area contributed by atoms with E-state index in [1.165, 1.54) is 12.5 Å². The summed E-state index contributed by atoms with van der Waals surface area (Å²) >= 11 is 0. The summed E-state index contributed by atoms with van der Waals surface area (Å²) in [5.74, 6) is -0.0202. The van der Waals surface area contributed by atoms with Gasteiger partial charge in [-0.05, 0) is 31.0 Å². The quantitative estimate of drug-likeness (QED) is 0.861. The molecule has 2 aromatic rings. The molecule has 6 nitrogen and oxygen atoms in total. The van der Waals surface area contributed by atoms with Gasteiger partial charge < -0.3 is 18.8 Å². The highest BCUT2D eigenvalue weighted by atomic mass is 16.5. The Morgan fingerprint density at radius 1 is 1.38 bits per heavy atom. The lowest BCUT2D eigenvalue weighted by Crippen LogP contribution is -2.43. The number of rotatable bonds is 4. The Kier molecular flexibility index (Phi) is 4.32. The summed E-state index contributed by atoms with van der Waals surface area (Å²) in [7, 11) is 0. The van der Waals surface area contributed by atoms with Crippen molar-refractivity contribution in [3.05, 3.63) is 54.2 Å². The number of fused-ring (bicyclic) bond motifs is 1. The van der Waals surface area contributed by atoms with Crippen LogP contribution in [0, 0.1) is 0 Å². The van der Waals surface area contributed by atoms with Crippen molar-refractivity contribution < 1.29 is 18.7 Å². The summed E-state index contributed by atoms with van der Waals surface area (Å²) in [5, 5.41) is 0. The van der Waals surface area contributed by atoms with Crippen LogP contribution in [0.1, 0.15) is 28.9 Å². The molecule has 0 aliphatic carbocycles. The number of pyridine rings is 1. The van der Waals surface area contributed by atoms with E-state index in [-0.39, 0.29) is 24.2 Å². The van der Waals surface area contributed by atoms with Crippen molar-refractivity contribution in [3.8, 4) is 0 Å². The Morgan fingerprint density at radius 2 is 2.33 bits per heavy atom. The first-order chi connectivity index (χ1) is 11.8. The van der Waals surface area contributed by atoms with Gasteiger partial charge in [0.05, 0.1) is 36.7 Å². The third kappa shape index (κ3) is 2.95. The van der Waals surface area contributed by atoms with Crippen LogP contribution in [-0.2, 0) is 16.1 Å². The summed E-state index contributed by atoms with van der Waals surface area (Å²) < 4.78 is 17.0. The maximum Gasteiger partial charge on any atom is 0.257 e. The molecule has 0 unspecified atom stereocenters. The number of nitrogens with zero attached hydrogens (tertiary/aromatic N) is 2. The van der Waals surface area contributed by atoms with Gasteiger partial charge in [0.15, 0.2) is 0 Å². The minimum atomic E-state index is -0.131. The Balaban J connectivity index is 1.48. The molecule has 0 spiro atoms. The number of amides is 1. The molecule has 0 N–H and O–H groups in total. The minimum absolute atomic E-state index is 0.0202. The SMILES string of the molecule is O=C(c1ccoc1)N1C[C@H](OCc2ccccn2)[C@H]2OCCC[C@H]21. The molecule has 2 aliphatic rings. The fourth-order valence-electron chi connectivity index (χ4n) is 3.52. The van der Waals surface area contributed by atoms with Gasteiger partial charge in [-0.2, -0.15) is 0 Å². The molecule has 24 heavy (non-hydrogen) atoms. The van der Waals surface area contributed by atoms with Crippen molar-refractivity contribution in [2.24, 2.45) is 0 Å². The predicted octanol–water partition coefficient (Wildman–Crippen LogP) is 2.26. The second-order valence-corrected chi connectivity index (χ2v) is 6.19. The van der Waals surface area contributed by atoms with Gasteiger partial charge in [-0.15, -0.1) is 0 Å². The van der Waals surface area contributed by atoms with Crippen LogP contribution in [0.4, 0.5) is 0 Å². The van der Waals surface area contributed by atoms with Crippen molar-refractivity contribution in [1.29, 1.82) is 0 Å². The molecule has 0 aromatic carbocycles. The molecule has 1 amide bonds. The molecule has 3 atom stereocenters. The van der Waals surface area contributed by atoms with E-state index in [0.717, 1.165) is 25.1 Å². The highest BCUT2D eigenvalue weighted by Gasteiger charge is 2.46. The van der Waals surface area contributed by atoms with Crippen LogP contribution in [0.3, 0.4) is 0 Å². The van der Waals surface area contributed by atoms with Crippen molar-refractivity contribution in [1.82, 2.24) is 9.88 Å². The van der Waals surface area contributed by atoms with E-state index < -0.39 is 0 Å². The number of hydrogen-bond acceptors (Lipinski definition) is 5. The molecule has 0 radical (unpaired) electrons. The lowest BCUT2D eigenvalue weighted by Gasteiger charge is -2.32. The normalized spacial score (nSPS) is 26.3. The lowest BCUT2D eigenvalue weighted by atomic mass is 10.0. The molecule has 4 heterocycles. The average Bonchev–Trinajstić information content (AvgIpc) is 3.29. The fraction of sp³-hybridized carbons (Fsp3) is 0.444. The van der Waals surface area contributed by atoms with Crippen LogP contribution in [0.15, 0.2) is 47.4 Å². The highest BCUT2D eigenvalue weighted by molar-refractivity contribution is 5.94. The fourth-order valence-corrected chi connectivity index (χ4v) is 3.52. The van der Waals surface area contributed by atoms with Gasteiger partial charge in [0.2, 0.25) is 0 Å². The molecule has 0 bridgehead atoms. The monoisotopic (exact) mass is 328 g/mol. The van der Waals surface area contributed by atoms with Crippen LogP contribution in [-0.4, -0.2) is 47.2 Å². The van der Waals surface area contributed by atoms with Gasteiger partial charge in [0, 0.05) is 12.8 Å². The minimum Gasteiger partial charge on any atom is -0.472 e. The zero-order valence-electron chi connectivity index (χ0n) is 13.3. The zero-order valence-corrected chi connectivity index (χ0v) is 13.3. The van der Waals surface area contributed by atoms with E-state index >= 15 is 0 Å². The number of ether oxygens (including phenoxy) is 2.